The minimum atomic E-state index is -0.0994. The van der Waals surface area contributed by atoms with Gasteiger partial charge in [0.1, 0.15) is 0 Å². The lowest BCUT2D eigenvalue weighted by Gasteiger charge is -2.23. The summed E-state index contributed by atoms with van der Waals surface area (Å²) < 4.78 is 0. The van der Waals surface area contributed by atoms with E-state index in [1.165, 1.54) is 98.7 Å². The molecule has 0 atom stereocenters. The topological polar surface area (TPSA) is 0 Å². The van der Waals surface area contributed by atoms with E-state index in [1.807, 2.05) is 0 Å². The summed E-state index contributed by atoms with van der Waals surface area (Å²) in [5, 5.41) is 10.3. The predicted octanol–water partition coefficient (Wildman–Crippen LogP) is 13.6. The van der Waals surface area contributed by atoms with Crippen molar-refractivity contribution in [1.29, 1.82) is 0 Å². The zero-order valence-electron chi connectivity index (χ0n) is 27.7. The second kappa shape index (κ2) is 10.5. The fraction of sp³-hybridized carbons (Fsp3) is 0.0612. The van der Waals surface area contributed by atoms with Crippen molar-refractivity contribution in [3.8, 4) is 44.5 Å². The molecule has 1 aliphatic carbocycles. The molecule has 9 aromatic carbocycles. The Morgan fingerprint density at radius 2 is 0.857 bits per heavy atom. The van der Waals surface area contributed by atoms with Gasteiger partial charge in [-0.25, -0.2) is 0 Å². The van der Waals surface area contributed by atoms with E-state index in [-0.39, 0.29) is 5.41 Å². The molecule has 0 aromatic heterocycles. The Morgan fingerprint density at radius 3 is 1.53 bits per heavy atom. The molecule has 0 aliphatic heterocycles. The molecule has 0 saturated carbocycles. The summed E-state index contributed by atoms with van der Waals surface area (Å²) >= 11 is 0. The molecule has 1 aliphatic rings. The van der Waals surface area contributed by atoms with Crippen molar-refractivity contribution in [2.24, 2.45) is 0 Å². The van der Waals surface area contributed by atoms with E-state index in [1.54, 1.807) is 0 Å². The van der Waals surface area contributed by atoms with E-state index in [0.717, 1.165) is 0 Å². The maximum absolute atomic E-state index is 2.48. The van der Waals surface area contributed by atoms with Crippen LogP contribution in [0.2, 0.25) is 0 Å². The van der Waals surface area contributed by atoms with E-state index in [9.17, 15) is 0 Å². The second-order valence-electron chi connectivity index (χ2n) is 14.0. The first-order chi connectivity index (χ1) is 24.1. The van der Waals surface area contributed by atoms with Gasteiger partial charge in [0.2, 0.25) is 0 Å². The summed E-state index contributed by atoms with van der Waals surface area (Å²) in [6.07, 6.45) is 0. The number of rotatable bonds is 3. The Balaban J connectivity index is 1.25. The lowest BCUT2D eigenvalue weighted by atomic mass is 9.80. The molecule has 0 heterocycles. The van der Waals surface area contributed by atoms with Crippen LogP contribution >= 0.6 is 0 Å². The summed E-state index contributed by atoms with van der Waals surface area (Å²) in [6.45, 7) is 4.77. The third-order valence-corrected chi connectivity index (χ3v) is 11.0. The van der Waals surface area contributed by atoms with Crippen LogP contribution in [0.5, 0.6) is 0 Å². The predicted molar refractivity (Wildman–Crippen MR) is 210 cm³/mol. The molecule has 0 saturated heterocycles. The molecule has 0 unspecified atom stereocenters. The van der Waals surface area contributed by atoms with Gasteiger partial charge in [0.05, 0.1) is 0 Å². The van der Waals surface area contributed by atoms with Gasteiger partial charge in [-0.15, -0.1) is 0 Å². The molecule has 0 bridgehead atoms. The van der Waals surface area contributed by atoms with E-state index >= 15 is 0 Å². The van der Waals surface area contributed by atoms with Crippen molar-refractivity contribution >= 4 is 43.1 Å². The zero-order valence-corrected chi connectivity index (χ0v) is 27.7. The summed E-state index contributed by atoms with van der Waals surface area (Å²) in [5.41, 5.74) is 13.1. The molecular formula is C49H34. The van der Waals surface area contributed by atoms with Crippen molar-refractivity contribution in [2.75, 3.05) is 0 Å². The highest BCUT2D eigenvalue weighted by Crippen LogP contribution is 2.53. The van der Waals surface area contributed by atoms with E-state index in [4.69, 9.17) is 0 Å². The molecule has 49 heavy (non-hydrogen) atoms. The van der Waals surface area contributed by atoms with Crippen LogP contribution in [0.1, 0.15) is 25.0 Å². The Morgan fingerprint density at radius 1 is 0.306 bits per heavy atom. The molecule has 230 valence electrons. The molecule has 0 amide bonds. The van der Waals surface area contributed by atoms with Crippen molar-refractivity contribution in [2.45, 2.75) is 19.3 Å². The number of benzene rings is 9. The Kier molecular flexibility index (Phi) is 6.02. The first kappa shape index (κ1) is 28.1. The molecule has 0 N–H and O–H groups in total. The molecule has 0 spiro atoms. The third kappa shape index (κ3) is 4.11. The second-order valence-corrected chi connectivity index (χ2v) is 14.0. The van der Waals surface area contributed by atoms with Crippen molar-refractivity contribution in [3.63, 3.8) is 0 Å². The SMILES string of the molecule is CC1(C)c2cc(-c3cc(-c4c5ccccc5c(-c5ccccc5)c5ccccc45)cc4ccccc34)ccc2-c2c1ccc1ccccc21. The quantitative estimate of drug-likeness (QED) is 0.172. The van der Waals surface area contributed by atoms with Crippen LogP contribution in [0, 0.1) is 0 Å². The summed E-state index contributed by atoms with van der Waals surface area (Å²) in [4.78, 5) is 0. The molecule has 0 nitrogen and oxygen atoms in total. The standard InChI is InChI=1S/C49H34/c1-49(2)44-27-25-31-14-6-9-19-37(31)48(44)42-26-24-34(30-45(42)49)43-29-35(28-33-17-7-8-18-36(33)43)47-40-22-12-10-20-38(40)46(32-15-4-3-5-16-32)39-21-11-13-23-41(39)47/h3-30H,1-2H3. The first-order valence-electron chi connectivity index (χ1n) is 17.3. The highest BCUT2D eigenvalue weighted by Gasteiger charge is 2.36. The van der Waals surface area contributed by atoms with Crippen molar-refractivity contribution < 1.29 is 0 Å². The molecular weight excluding hydrogens is 589 g/mol. The van der Waals surface area contributed by atoms with Crippen LogP contribution in [0.3, 0.4) is 0 Å². The van der Waals surface area contributed by atoms with Crippen LogP contribution in [-0.2, 0) is 5.41 Å². The van der Waals surface area contributed by atoms with Gasteiger partial charge in [-0.05, 0) is 117 Å². The van der Waals surface area contributed by atoms with Gasteiger partial charge in [-0.3, -0.25) is 0 Å². The Bertz CT molecular complexity index is 2720. The fourth-order valence-electron chi connectivity index (χ4n) is 8.72. The average molecular weight is 623 g/mol. The molecule has 0 fully saturated rings. The number of hydrogen-bond acceptors (Lipinski definition) is 0. The zero-order chi connectivity index (χ0) is 32.7. The summed E-state index contributed by atoms with van der Waals surface area (Å²) in [5.74, 6) is 0. The van der Waals surface area contributed by atoms with Crippen LogP contribution in [0.15, 0.2) is 170 Å². The van der Waals surface area contributed by atoms with E-state index in [0.29, 0.717) is 0 Å². The van der Waals surface area contributed by atoms with Gasteiger partial charge in [-0.1, -0.05) is 166 Å². The maximum atomic E-state index is 2.48. The molecule has 9 aromatic rings. The number of fused-ring (bicyclic) bond motifs is 8. The van der Waals surface area contributed by atoms with Gasteiger partial charge < -0.3 is 0 Å². The van der Waals surface area contributed by atoms with Crippen LogP contribution in [0.4, 0.5) is 0 Å². The third-order valence-electron chi connectivity index (χ3n) is 11.0. The van der Waals surface area contributed by atoms with Crippen LogP contribution < -0.4 is 0 Å². The average Bonchev–Trinajstić information content (AvgIpc) is 3.39. The molecule has 10 rings (SSSR count). The minimum absolute atomic E-state index is 0.0994. The number of hydrogen-bond donors (Lipinski definition) is 0. The fourth-order valence-corrected chi connectivity index (χ4v) is 8.72. The highest BCUT2D eigenvalue weighted by molar-refractivity contribution is 6.22. The van der Waals surface area contributed by atoms with Gasteiger partial charge >= 0.3 is 0 Å². The Hall–Kier alpha value is -5.98. The van der Waals surface area contributed by atoms with Gasteiger partial charge in [-0.2, -0.15) is 0 Å². The lowest BCUT2D eigenvalue weighted by Crippen LogP contribution is -2.15. The molecule has 0 heteroatoms. The van der Waals surface area contributed by atoms with Crippen LogP contribution in [-0.4, -0.2) is 0 Å². The van der Waals surface area contributed by atoms with Crippen LogP contribution in [0.25, 0.3) is 87.6 Å². The van der Waals surface area contributed by atoms with Gasteiger partial charge in [0.15, 0.2) is 0 Å². The largest absolute Gasteiger partial charge is 0.0622 e. The lowest BCUT2D eigenvalue weighted by molar-refractivity contribution is 0.661. The van der Waals surface area contributed by atoms with Gasteiger partial charge in [0.25, 0.3) is 0 Å². The van der Waals surface area contributed by atoms with Crippen molar-refractivity contribution in [3.05, 3.63) is 181 Å². The Labute approximate surface area is 286 Å². The monoisotopic (exact) mass is 622 g/mol. The summed E-state index contributed by atoms with van der Waals surface area (Å²) in [7, 11) is 0. The van der Waals surface area contributed by atoms with E-state index < -0.39 is 0 Å². The smallest absolute Gasteiger partial charge is 0.0159 e. The van der Waals surface area contributed by atoms with Crippen molar-refractivity contribution in [1.82, 2.24) is 0 Å². The minimum Gasteiger partial charge on any atom is -0.0622 e. The van der Waals surface area contributed by atoms with E-state index in [2.05, 4.69) is 184 Å². The first-order valence-corrected chi connectivity index (χ1v) is 17.3. The molecule has 0 radical (unpaired) electrons. The normalized spacial score (nSPS) is 13.3. The van der Waals surface area contributed by atoms with Gasteiger partial charge in [0, 0.05) is 5.41 Å². The maximum Gasteiger partial charge on any atom is 0.0159 e. The highest BCUT2D eigenvalue weighted by atomic mass is 14.4. The summed E-state index contributed by atoms with van der Waals surface area (Å²) in [6, 6.07) is 63.1.